The molecule has 448 valence electrons. The molecule has 0 fully saturated rings. The Labute approximate surface area is 474 Å². The molecule has 0 amide bonds. The first kappa shape index (κ1) is 73.9. The van der Waals surface area contributed by atoms with Crippen LogP contribution < -0.4 is 0 Å². The molecule has 6 heteroatoms. The summed E-state index contributed by atoms with van der Waals surface area (Å²) in [5, 5.41) is 0. The Balaban J connectivity index is 3.90. The largest absolute Gasteiger partial charge is 0.462 e. The van der Waals surface area contributed by atoms with Crippen molar-refractivity contribution in [2.24, 2.45) is 0 Å². The summed E-state index contributed by atoms with van der Waals surface area (Å²) < 4.78 is 16.8. The van der Waals surface area contributed by atoms with Crippen molar-refractivity contribution in [1.29, 1.82) is 0 Å². The zero-order valence-electron chi connectivity index (χ0n) is 51.6. The normalized spacial score (nSPS) is 12.1. The number of allylic oxidation sites excluding steroid dienone is 4. The summed E-state index contributed by atoms with van der Waals surface area (Å²) in [6.45, 7) is 6.63. The van der Waals surface area contributed by atoms with Gasteiger partial charge in [0.05, 0.1) is 0 Å². The monoisotopic (exact) mass is 1070 g/mol. The van der Waals surface area contributed by atoms with Crippen LogP contribution in [0.5, 0.6) is 0 Å². The van der Waals surface area contributed by atoms with E-state index in [0.717, 1.165) is 77.0 Å². The predicted octanol–water partition coefficient (Wildman–Crippen LogP) is 23.4. The molecule has 1 atom stereocenters. The van der Waals surface area contributed by atoms with Crippen molar-refractivity contribution < 1.29 is 28.6 Å². The summed E-state index contributed by atoms with van der Waals surface area (Å²) >= 11 is 0. The van der Waals surface area contributed by atoms with Crippen LogP contribution in [0.25, 0.3) is 0 Å². The molecular formula is C70H132O6. The number of rotatable bonds is 64. The van der Waals surface area contributed by atoms with Gasteiger partial charge in [0.15, 0.2) is 6.10 Å². The summed E-state index contributed by atoms with van der Waals surface area (Å²) in [4.78, 5) is 38.0. The fraction of sp³-hybridized carbons (Fsp3) is 0.900. The minimum atomic E-state index is -0.773. The number of hydrogen-bond donors (Lipinski definition) is 0. The van der Waals surface area contributed by atoms with Gasteiger partial charge in [-0.1, -0.05) is 340 Å². The highest BCUT2D eigenvalue weighted by Crippen LogP contribution is 2.19. The molecule has 0 aromatic rings. The van der Waals surface area contributed by atoms with Crippen LogP contribution in [0.2, 0.25) is 0 Å². The number of esters is 3. The van der Waals surface area contributed by atoms with Crippen molar-refractivity contribution in [3.05, 3.63) is 24.3 Å². The highest BCUT2D eigenvalue weighted by molar-refractivity contribution is 5.71. The molecular weight excluding hydrogens is 937 g/mol. The Morgan fingerprint density at radius 3 is 0.737 bits per heavy atom. The quantitative estimate of drug-likeness (QED) is 0.0261. The van der Waals surface area contributed by atoms with E-state index in [1.807, 2.05) is 0 Å². The maximum atomic E-state index is 12.8. The van der Waals surface area contributed by atoms with Crippen LogP contribution in [-0.2, 0) is 28.6 Å². The standard InChI is InChI=1S/C70H132O6/c1-4-7-10-13-16-18-20-22-24-26-27-28-29-30-31-32-33-34-35-36-37-38-39-40-41-42-43-44-46-47-49-51-54-57-60-63-69(72)75-66-67(65-74-68(71)62-59-56-53-15-12-9-6-3)76-70(73)64-61-58-55-52-50-48-45-25-23-21-19-17-14-11-8-5-2/h19,21,25,45,67H,4-18,20,22-24,26-44,46-66H2,1-3H3/b21-19-,45-25-. The summed E-state index contributed by atoms with van der Waals surface area (Å²) in [5.74, 6) is -0.871. The first-order valence-corrected chi connectivity index (χ1v) is 34.3. The van der Waals surface area contributed by atoms with Gasteiger partial charge in [-0.3, -0.25) is 14.4 Å². The number of carbonyl (C=O) groups is 3. The minimum absolute atomic E-state index is 0.0722. The number of unbranched alkanes of at least 4 members (excludes halogenated alkanes) is 49. The van der Waals surface area contributed by atoms with Crippen molar-refractivity contribution in [1.82, 2.24) is 0 Å². The Morgan fingerprint density at radius 2 is 0.474 bits per heavy atom. The number of carbonyl (C=O) groups excluding carboxylic acids is 3. The smallest absolute Gasteiger partial charge is 0.306 e. The zero-order valence-corrected chi connectivity index (χ0v) is 51.6. The van der Waals surface area contributed by atoms with Gasteiger partial charge >= 0.3 is 17.9 Å². The summed E-state index contributed by atoms with van der Waals surface area (Å²) in [6, 6.07) is 0. The van der Waals surface area contributed by atoms with Crippen molar-refractivity contribution in [2.75, 3.05) is 13.2 Å². The molecule has 0 aromatic heterocycles. The van der Waals surface area contributed by atoms with Crippen LogP contribution in [-0.4, -0.2) is 37.2 Å². The maximum absolute atomic E-state index is 12.8. The molecule has 0 aliphatic rings. The van der Waals surface area contributed by atoms with E-state index in [1.165, 1.54) is 270 Å². The molecule has 0 rings (SSSR count). The highest BCUT2D eigenvalue weighted by atomic mass is 16.6. The molecule has 0 aliphatic heterocycles. The van der Waals surface area contributed by atoms with Gasteiger partial charge in [-0.05, 0) is 51.4 Å². The van der Waals surface area contributed by atoms with E-state index in [1.54, 1.807) is 0 Å². The lowest BCUT2D eigenvalue weighted by molar-refractivity contribution is -0.167. The van der Waals surface area contributed by atoms with Crippen LogP contribution in [0.15, 0.2) is 24.3 Å². The second-order valence-corrected chi connectivity index (χ2v) is 23.5. The SMILES string of the molecule is CCCCCC/C=C\C/C=C\CCCCCCCC(=O)OC(COC(=O)CCCCCCCCC)COC(=O)CCCCCCCCCCCCCCCCCCCCCCCCCCCCCCCCCCCCC. The summed E-state index contributed by atoms with van der Waals surface area (Å²) in [7, 11) is 0. The first-order chi connectivity index (χ1) is 37.5. The van der Waals surface area contributed by atoms with E-state index < -0.39 is 6.10 Å². The molecule has 0 aliphatic carbocycles. The lowest BCUT2D eigenvalue weighted by Crippen LogP contribution is -2.30. The third kappa shape index (κ3) is 62.7. The van der Waals surface area contributed by atoms with Crippen LogP contribution in [0.3, 0.4) is 0 Å². The van der Waals surface area contributed by atoms with Gasteiger partial charge in [-0.15, -0.1) is 0 Å². The molecule has 0 bridgehead atoms. The van der Waals surface area contributed by atoms with Crippen LogP contribution in [0, 0.1) is 0 Å². The van der Waals surface area contributed by atoms with Gasteiger partial charge in [-0.2, -0.15) is 0 Å². The van der Waals surface area contributed by atoms with E-state index in [0.29, 0.717) is 19.3 Å². The summed E-state index contributed by atoms with van der Waals surface area (Å²) in [6.07, 6.45) is 79.7. The molecule has 76 heavy (non-hydrogen) atoms. The van der Waals surface area contributed by atoms with E-state index in [-0.39, 0.29) is 31.1 Å². The average molecular weight is 1070 g/mol. The van der Waals surface area contributed by atoms with Crippen molar-refractivity contribution in [3.63, 3.8) is 0 Å². The first-order valence-electron chi connectivity index (χ1n) is 34.3. The second-order valence-electron chi connectivity index (χ2n) is 23.5. The Morgan fingerprint density at radius 1 is 0.263 bits per heavy atom. The topological polar surface area (TPSA) is 78.9 Å². The fourth-order valence-corrected chi connectivity index (χ4v) is 10.5. The van der Waals surface area contributed by atoms with E-state index in [9.17, 15) is 14.4 Å². The van der Waals surface area contributed by atoms with Crippen LogP contribution in [0.4, 0.5) is 0 Å². The zero-order chi connectivity index (χ0) is 55.0. The van der Waals surface area contributed by atoms with Gasteiger partial charge in [0.2, 0.25) is 0 Å². The van der Waals surface area contributed by atoms with Gasteiger partial charge in [0, 0.05) is 19.3 Å². The Hall–Kier alpha value is -2.11. The predicted molar refractivity (Wildman–Crippen MR) is 330 cm³/mol. The Kier molecular flexibility index (Phi) is 63.6. The average Bonchev–Trinajstić information content (AvgIpc) is 3.42. The molecule has 0 saturated heterocycles. The van der Waals surface area contributed by atoms with Gasteiger partial charge in [0.25, 0.3) is 0 Å². The fourth-order valence-electron chi connectivity index (χ4n) is 10.5. The van der Waals surface area contributed by atoms with Crippen molar-refractivity contribution >= 4 is 17.9 Å². The third-order valence-electron chi connectivity index (χ3n) is 15.7. The molecule has 0 saturated carbocycles. The minimum Gasteiger partial charge on any atom is -0.462 e. The molecule has 0 heterocycles. The van der Waals surface area contributed by atoms with Crippen molar-refractivity contribution in [2.45, 2.75) is 393 Å². The number of hydrogen-bond acceptors (Lipinski definition) is 6. The van der Waals surface area contributed by atoms with E-state index >= 15 is 0 Å². The van der Waals surface area contributed by atoms with Gasteiger partial charge < -0.3 is 14.2 Å². The molecule has 0 spiro atoms. The van der Waals surface area contributed by atoms with Gasteiger partial charge in [0.1, 0.15) is 13.2 Å². The van der Waals surface area contributed by atoms with Crippen LogP contribution >= 0.6 is 0 Å². The third-order valence-corrected chi connectivity index (χ3v) is 15.7. The maximum Gasteiger partial charge on any atom is 0.306 e. The number of ether oxygens (including phenoxy) is 3. The van der Waals surface area contributed by atoms with E-state index in [2.05, 4.69) is 45.1 Å². The summed E-state index contributed by atoms with van der Waals surface area (Å²) in [5.41, 5.74) is 0. The van der Waals surface area contributed by atoms with Crippen molar-refractivity contribution in [3.8, 4) is 0 Å². The molecule has 0 N–H and O–H groups in total. The van der Waals surface area contributed by atoms with E-state index in [4.69, 9.17) is 14.2 Å². The second kappa shape index (κ2) is 65.4. The molecule has 0 radical (unpaired) electrons. The molecule has 6 nitrogen and oxygen atoms in total. The van der Waals surface area contributed by atoms with Crippen LogP contribution in [0.1, 0.15) is 387 Å². The lowest BCUT2D eigenvalue weighted by atomic mass is 10.0. The lowest BCUT2D eigenvalue weighted by Gasteiger charge is -2.18. The van der Waals surface area contributed by atoms with Gasteiger partial charge in [-0.25, -0.2) is 0 Å². The highest BCUT2D eigenvalue weighted by Gasteiger charge is 2.19. The molecule has 0 aromatic carbocycles. The molecule has 1 unspecified atom stereocenters. The Bertz CT molecular complexity index is 1230.